The fourth-order valence-corrected chi connectivity index (χ4v) is 3.55. The van der Waals surface area contributed by atoms with Gasteiger partial charge in [-0.1, -0.05) is 35.6 Å². The van der Waals surface area contributed by atoms with Crippen molar-refractivity contribution in [2.75, 3.05) is 6.54 Å². The molecule has 0 radical (unpaired) electrons. The predicted octanol–water partition coefficient (Wildman–Crippen LogP) is 4.02. The van der Waals surface area contributed by atoms with Crippen LogP contribution in [0.3, 0.4) is 0 Å². The van der Waals surface area contributed by atoms with Crippen molar-refractivity contribution in [2.24, 2.45) is 0 Å². The smallest absolute Gasteiger partial charge is 0.323 e. The first-order valence-electron chi connectivity index (χ1n) is 6.87. The van der Waals surface area contributed by atoms with E-state index in [9.17, 15) is 14.0 Å². The summed E-state index contributed by atoms with van der Waals surface area (Å²) in [6.07, 6.45) is 1.48. The van der Waals surface area contributed by atoms with Gasteiger partial charge in [-0.3, -0.25) is 14.5 Å². The maximum Gasteiger partial charge on any atom is 0.323 e. The van der Waals surface area contributed by atoms with Gasteiger partial charge in [-0.15, -0.1) is 0 Å². The maximum absolute atomic E-state index is 13.2. The Morgan fingerprint density at radius 2 is 2.16 bits per heavy atom. The summed E-state index contributed by atoms with van der Waals surface area (Å²) in [6, 6.07) is 7.49. The largest absolute Gasteiger partial charge is 0.480 e. The molecule has 1 aliphatic rings. The van der Waals surface area contributed by atoms with Crippen LogP contribution in [0.15, 0.2) is 39.7 Å². The highest BCUT2D eigenvalue weighted by Crippen LogP contribution is 2.33. The zero-order valence-corrected chi connectivity index (χ0v) is 14.8. The fourth-order valence-electron chi connectivity index (χ4n) is 2.14. The number of thiocarbonyl (C=S) groups is 1. The third-order valence-electron chi connectivity index (χ3n) is 3.27. The van der Waals surface area contributed by atoms with Gasteiger partial charge in [-0.2, -0.15) is 0 Å². The van der Waals surface area contributed by atoms with Gasteiger partial charge in [0.15, 0.2) is 0 Å². The number of hydrogen-bond donors (Lipinski definition) is 1. The van der Waals surface area contributed by atoms with Crippen molar-refractivity contribution in [3.8, 4) is 11.3 Å². The Balaban J connectivity index is 1.84. The predicted molar refractivity (Wildman–Crippen MR) is 96.6 cm³/mol. The SMILES string of the molecule is O=C(O)CN1C(=O)/C(=C\c2ccc(-c3ccc(F)c(Cl)c3)o2)SC1=S. The third-order valence-corrected chi connectivity index (χ3v) is 4.94. The van der Waals surface area contributed by atoms with E-state index < -0.39 is 24.2 Å². The molecule has 5 nitrogen and oxygen atoms in total. The van der Waals surface area contributed by atoms with Crippen molar-refractivity contribution in [1.82, 2.24) is 4.90 Å². The van der Waals surface area contributed by atoms with Gasteiger partial charge in [0.05, 0.1) is 9.93 Å². The normalized spacial score (nSPS) is 16.1. The van der Waals surface area contributed by atoms with Crippen molar-refractivity contribution in [2.45, 2.75) is 0 Å². The van der Waals surface area contributed by atoms with E-state index in [1.165, 1.54) is 24.3 Å². The Hall–Kier alpha value is -2.16. The summed E-state index contributed by atoms with van der Waals surface area (Å²) in [5, 5.41) is 8.80. The molecule has 0 bridgehead atoms. The lowest BCUT2D eigenvalue weighted by atomic mass is 10.2. The van der Waals surface area contributed by atoms with Crippen LogP contribution < -0.4 is 0 Å². The lowest BCUT2D eigenvalue weighted by Gasteiger charge is -2.09. The second kappa shape index (κ2) is 6.99. The van der Waals surface area contributed by atoms with Crippen LogP contribution in [0, 0.1) is 5.82 Å². The highest BCUT2D eigenvalue weighted by Gasteiger charge is 2.33. The molecule has 1 aromatic carbocycles. The molecule has 1 fully saturated rings. The van der Waals surface area contributed by atoms with Gasteiger partial charge in [-0.05, 0) is 30.3 Å². The fraction of sp³-hybridized carbons (Fsp3) is 0.0625. The first-order chi connectivity index (χ1) is 11.8. The molecular formula is C16H9ClFNO4S2. The molecule has 2 heterocycles. The van der Waals surface area contributed by atoms with Gasteiger partial charge in [0.25, 0.3) is 5.91 Å². The average molecular weight is 398 g/mol. The third kappa shape index (κ3) is 3.76. The number of hydrogen-bond acceptors (Lipinski definition) is 5. The first kappa shape index (κ1) is 17.7. The van der Waals surface area contributed by atoms with E-state index in [0.29, 0.717) is 17.1 Å². The summed E-state index contributed by atoms with van der Waals surface area (Å²) in [7, 11) is 0. The van der Waals surface area contributed by atoms with Gasteiger partial charge in [0, 0.05) is 11.6 Å². The van der Waals surface area contributed by atoms with E-state index in [-0.39, 0.29) is 14.2 Å². The number of rotatable bonds is 4. The van der Waals surface area contributed by atoms with Crippen LogP contribution in [0.5, 0.6) is 0 Å². The molecule has 1 saturated heterocycles. The highest BCUT2D eigenvalue weighted by atomic mass is 35.5. The summed E-state index contributed by atoms with van der Waals surface area (Å²) >= 11 is 11.8. The lowest BCUT2D eigenvalue weighted by molar-refractivity contribution is -0.140. The Kier molecular flexibility index (Phi) is 4.94. The Morgan fingerprint density at radius 3 is 2.84 bits per heavy atom. The summed E-state index contributed by atoms with van der Waals surface area (Å²) in [5.74, 6) is -1.33. The Labute approximate surface area is 156 Å². The average Bonchev–Trinajstić information content (AvgIpc) is 3.11. The quantitative estimate of drug-likeness (QED) is 0.620. The van der Waals surface area contributed by atoms with Gasteiger partial charge >= 0.3 is 5.97 Å². The topological polar surface area (TPSA) is 70.8 Å². The molecule has 1 N–H and O–H groups in total. The molecule has 25 heavy (non-hydrogen) atoms. The Bertz CT molecular complexity index is 925. The molecule has 1 aromatic heterocycles. The molecule has 0 unspecified atom stereocenters. The van der Waals surface area contributed by atoms with Crippen molar-refractivity contribution in [3.63, 3.8) is 0 Å². The van der Waals surface area contributed by atoms with E-state index in [1.807, 2.05) is 0 Å². The van der Waals surface area contributed by atoms with Crippen molar-refractivity contribution in [3.05, 3.63) is 51.8 Å². The molecule has 0 atom stereocenters. The molecule has 9 heteroatoms. The molecule has 0 aliphatic carbocycles. The van der Waals surface area contributed by atoms with Gasteiger partial charge in [0.1, 0.15) is 28.2 Å². The zero-order chi connectivity index (χ0) is 18.1. The molecule has 2 aromatic rings. The van der Waals surface area contributed by atoms with Crippen molar-refractivity contribution >= 4 is 57.9 Å². The minimum absolute atomic E-state index is 0.0232. The number of benzene rings is 1. The number of carbonyl (C=O) groups is 2. The zero-order valence-electron chi connectivity index (χ0n) is 12.4. The molecule has 128 valence electrons. The van der Waals surface area contributed by atoms with E-state index in [4.69, 9.17) is 33.3 Å². The van der Waals surface area contributed by atoms with Crippen molar-refractivity contribution in [1.29, 1.82) is 0 Å². The molecule has 0 saturated carbocycles. The first-order valence-corrected chi connectivity index (χ1v) is 8.48. The summed E-state index contributed by atoms with van der Waals surface area (Å²) < 4.78 is 19.0. The number of amides is 1. The van der Waals surface area contributed by atoms with Crippen LogP contribution in [0.25, 0.3) is 17.4 Å². The number of furan rings is 1. The van der Waals surface area contributed by atoms with Crippen LogP contribution in [-0.2, 0) is 9.59 Å². The van der Waals surface area contributed by atoms with Crippen LogP contribution in [0.4, 0.5) is 4.39 Å². The van der Waals surface area contributed by atoms with Gasteiger partial charge in [0.2, 0.25) is 0 Å². The molecule has 1 aliphatic heterocycles. The minimum Gasteiger partial charge on any atom is -0.480 e. The number of carboxylic acid groups (broad SMARTS) is 1. The van der Waals surface area contributed by atoms with Gasteiger partial charge < -0.3 is 9.52 Å². The molecular weight excluding hydrogens is 389 g/mol. The molecule has 1 amide bonds. The van der Waals surface area contributed by atoms with Crippen LogP contribution in [0.2, 0.25) is 5.02 Å². The van der Waals surface area contributed by atoms with Crippen LogP contribution >= 0.6 is 35.6 Å². The standard InChI is InChI=1S/C16H9ClFNO4S2/c17-10-5-8(1-3-11(10)18)12-4-2-9(23-12)6-13-15(22)19(7-14(20)21)16(24)25-13/h1-6H,7H2,(H,20,21)/b13-6+. The summed E-state index contributed by atoms with van der Waals surface area (Å²) in [5.41, 5.74) is 0.587. The van der Waals surface area contributed by atoms with E-state index >= 15 is 0 Å². The van der Waals surface area contributed by atoms with Gasteiger partial charge in [-0.25, -0.2) is 4.39 Å². The number of nitrogens with zero attached hydrogens (tertiary/aromatic N) is 1. The van der Waals surface area contributed by atoms with Crippen LogP contribution in [0.1, 0.15) is 5.76 Å². The van der Waals surface area contributed by atoms with E-state index in [0.717, 1.165) is 16.7 Å². The van der Waals surface area contributed by atoms with E-state index in [2.05, 4.69) is 0 Å². The number of carboxylic acids is 1. The lowest BCUT2D eigenvalue weighted by Crippen LogP contribution is -2.33. The monoisotopic (exact) mass is 397 g/mol. The number of halogens is 2. The number of thioether (sulfide) groups is 1. The minimum atomic E-state index is -1.15. The summed E-state index contributed by atoms with van der Waals surface area (Å²) in [6.45, 7) is -0.487. The van der Waals surface area contributed by atoms with E-state index in [1.54, 1.807) is 12.1 Å². The second-order valence-corrected chi connectivity index (χ2v) is 7.08. The highest BCUT2D eigenvalue weighted by molar-refractivity contribution is 8.26. The van der Waals surface area contributed by atoms with Crippen molar-refractivity contribution < 1.29 is 23.5 Å². The summed E-state index contributed by atoms with van der Waals surface area (Å²) in [4.78, 5) is 24.3. The Morgan fingerprint density at radius 1 is 1.40 bits per heavy atom. The second-order valence-electron chi connectivity index (χ2n) is 4.99. The maximum atomic E-state index is 13.2. The molecule has 0 spiro atoms. The molecule has 3 rings (SSSR count). The number of carbonyl (C=O) groups excluding carboxylic acids is 1. The number of aliphatic carboxylic acids is 1. The van der Waals surface area contributed by atoms with Crippen LogP contribution in [-0.4, -0.2) is 32.7 Å².